The monoisotopic (exact) mass is 277 g/mol. The van der Waals surface area contributed by atoms with Crippen LogP contribution >= 0.6 is 22.9 Å². The van der Waals surface area contributed by atoms with E-state index in [1.54, 1.807) is 11.3 Å². The summed E-state index contributed by atoms with van der Waals surface area (Å²) in [6, 6.07) is 7.89. The minimum atomic E-state index is 0.126. The van der Waals surface area contributed by atoms with Crippen molar-refractivity contribution in [2.45, 2.75) is 13.0 Å². The predicted molar refractivity (Wildman–Crippen MR) is 77.3 cm³/mol. The van der Waals surface area contributed by atoms with E-state index in [-0.39, 0.29) is 6.04 Å². The number of halogens is 1. The summed E-state index contributed by atoms with van der Waals surface area (Å²) in [4.78, 5) is 4.36. The molecule has 0 fully saturated rings. The number of imidazole rings is 1. The molecule has 0 aliphatic heterocycles. The summed E-state index contributed by atoms with van der Waals surface area (Å²) >= 11 is 7.94. The standard InChI is InChI=1S/C13H12ClN3S/c1-8(9-5-6-18-7-9)17-12-10(14)3-2-4-11(12)16-13(17)15/h2-8H,1H3,(H2,15,16). The van der Waals surface area contributed by atoms with E-state index < -0.39 is 0 Å². The molecule has 0 saturated heterocycles. The summed E-state index contributed by atoms with van der Waals surface area (Å²) in [5, 5.41) is 4.86. The Kier molecular flexibility index (Phi) is 2.76. The number of para-hydroxylation sites is 1. The van der Waals surface area contributed by atoms with Gasteiger partial charge in [-0.15, -0.1) is 0 Å². The molecule has 0 aliphatic rings. The van der Waals surface area contributed by atoms with Crippen LogP contribution in [0.25, 0.3) is 11.0 Å². The summed E-state index contributed by atoms with van der Waals surface area (Å²) in [6.07, 6.45) is 0. The van der Waals surface area contributed by atoms with Gasteiger partial charge in [0, 0.05) is 0 Å². The lowest BCUT2D eigenvalue weighted by Gasteiger charge is -2.15. The lowest BCUT2D eigenvalue weighted by Crippen LogP contribution is -2.09. The Hall–Kier alpha value is -1.52. The van der Waals surface area contributed by atoms with Crippen LogP contribution in [0.3, 0.4) is 0 Å². The fourth-order valence-corrected chi connectivity index (χ4v) is 3.19. The Balaban J connectivity index is 2.25. The molecule has 0 spiro atoms. The van der Waals surface area contributed by atoms with Gasteiger partial charge in [0.05, 0.1) is 22.1 Å². The molecule has 5 heteroatoms. The van der Waals surface area contributed by atoms with Gasteiger partial charge < -0.3 is 10.3 Å². The van der Waals surface area contributed by atoms with E-state index in [4.69, 9.17) is 17.3 Å². The Bertz CT molecular complexity index is 688. The van der Waals surface area contributed by atoms with Gasteiger partial charge in [-0.2, -0.15) is 11.3 Å². The molecule has 0 radical (unpaired) electrons. The van der Waals surface area contributed by atoms with Gasteiger partial charge in [0.1, 0.15) is 0 Å². The van der Waals surface area contributed by atoms with E-state index in [2.05, 4.69) is 28.7 Å². The third-order valence-electron chi connectivity index (χ3n) is 3.10. The van der Waals surface area contributed by atoms with Gasteiger partial charge in [-0.1, -0.05) is 17.7 Å². The maximum Gasteiger partial charge on any atom is 0.201 e. The summed E-state index contributed by atoms with van der Waals surface area (Å²) < 4.78 is 1.99. The SMILES string of the molecule is CC(c1ccsc1)n1c(N)nc2cccc(Cl)c21. The number of thiophene rings is 1. The molecule has 1 unspecified atom stereocenters. The first-order chi connectivity index (χ1) is 8.68. The van der Waals surface area contributed by atoms with Crippen LogP contribution in [0.1, 0.15) is 18.5 Å². The lowest BCUT2D eigenvalue weighted by atomic mass is 10.1. The van der Waals surface area contributed by atoms with Gasteiger partial charge in [-0.05, 0) is 41.4 Å². The second kappa shape index (κ2) is 4.30. The van der Waals surface area contributed by atoms with E-state index in [9.17, 15) is 0 Å². The second-order valence-corrected chi connectivity index (χ2v) is 5.37. The number of rotatable bonds is 2. The molecular weight excluding hydrogens is 266 g/mol. The molecule has 2 aromatic heterocycles. The van der Waals surface area contributed by atoms with Gasteiger partial charge in [-0.3, -0.25) is 0 Å². The fraction of sp³-hybridized carbons (Fsp3) is 0.154. The molecule has 2 N–H and O–H groups in total. The van der Waals surface area contributed by atoms with E-state index in [0.717, 1.165) is 11.0 Å². The van der Waals surface area contributed by atoms with Gasteiger partial charge in [0.2, 0.25) is 5.95 Å². The van der Waals surface area contributed by atoms with Crippen LogP contribution in [0.2, 0.25) is 5.02 Å². The van der Waals surface area contributed by atoms with Crippen LogP contribution in [-0.2, 0) is 0 Å². The first kappa shape index (κ1) is 11.6. The van der Waals surface area contributed by atoms with Crippen molar-refractivity contribution in [2.24, 2.45) is 0 Å². The van der Waals surface area contributed by atoms with Gasteiger partial charge >= 0.3 is 0 Å². The first-order valence-corrected chi connectivity index (χ1v) is 6.94. The van der Waals surface area contributed by atoms with Crippen LogP contribution in [-0.4, -0.2) is 9.55 Å². The second-order valence-electron chi connectivity index (χ2n) is 4.18. The molecule has 18 heavy (non-hydrogen) atoms. The Labute approximate surface area is 114 Å². The number of benzene rings is 1. The number of nitrogen functional groups attached to an aromatic ring is 1. The highest BCUT2D eigenvalue weighted by atomic mass is 35.5. The topological polar surface area (TPSA) is 43.8 Å². The van der Waals surface area contributed by atoms with Crippen molar-refractivity contribution in [3.63, 3.8) is 0 Å². The molecular formula is C13H12ClN3S. The number of anilines is 1. The quantitative estimate of drug-likeness (QED) is 0.771. The van der Waals surface area contributed by atoms with Crippen LogP contribution < -0.4 is 5.73 Å². The smallest absolute Gasteiger partial charge is 0.201 e. The average molecular weight is 278 g/mol. The van der Waals surface area contributed by atoms with Crippen LogP contribution in [0, 0.1) is 0 Å². The molecule has 0 saturated carbocycles. The van der Waals surface area contributed by atoms with Crippen molar-refractivity contribution in [3.8, 4) is 0 Å². The number of aromatic nitrogens is 2. The zero-order chi connectivity index (χ0) is 12.7. The zero-order valence-corrected chi connectivity index (χ0v) is 11.4. The Morgan fingerprint density at radius 3 is 2.94 bits per heavy atom. The molecule has 0 amide bonds. The number of nitrogens with zero attached hydrogens (tertiary/aromatic N) is 2. The Morgan fingerprint density at radius 1 is 1.39 bits per heavy atom. The van der Waals surface area contributed by atoms with Crippen molar-refractivity contribution in [1.29, 1.82) is 0 Å². The maximum atomic E-state index is 6.27. The van der Waals surface area contributed by atoms with E-state index in [1.807, 2.05) is 22.8 Å². The third-order valence-corrected chi connectivity index (χ3v) is 4.11. The molecule has 2 heterocycles. The summed E-state index contributed by atoms with van der Waals surface area (Å²) in [6.45, 7) is 2.10. The molecule has 1 aromatic carbocycles. The highest BCUT2D eigenvalue weighted by Gasteiger charge is 2.17. The zero-order valence-electron chi connectivity index (χ0n) is 9.80. The molecule has 92 valence electrons. The van der Waals surface area contributed by atoms with Crippen LogP contribution in [0.5, 0.6) is 0 Å². The minimum absolute atomic E-state index is 0.126. The van der Waals surface area contributed by atoms with Crippen molar-refractivity contribution >= 4 is 39.9 Å². The summed E-state index contributed by atoms with van der Waals surface area (Å²) in [5.74, 6) is 0.497. The van der Waals surface area contributed by atoms with Crippen molar-refractivity contribution in [3.05, 3.63) is 45.6 Å². The number of fused-ring (bicyclic) bond motifs is 1. The molecule has 3 rings (SSSR count). The number of hydrogen-bond donors (Lipinski definition) is 1. The summed E-state index contributed by atoms with van der Waals surface area (Å²) in [5.41, 5.74) is 8.97. The van der Waals surface area contributed by atoms with Gasteiger partial charge in [0.25, 0.3) is 0 Å². The normalized spacial score (nSPS) is 13.0. The van der Waals surface area contributed by atoms with Crippen molar-refractivity contribution < 1.29 is 0 Å². The van der Waals surface area contributed by atoms with E-state index in [1.165, 1.54) is 5.56 Å². The third kappa shape index (κ3) is 1.69. The average Bonchev–Trinajstić information content (AvgIpc) is 2.95. The predicted octanol–water partition coefficient (Wildman–Crippen LogP) is 3.94. The maximum absolute atomic E-state index is 6.27. The van der Waals surface area contributed by atoms with E-state index >= 15 is 0 Å². The van der Waals surface area contributed by atoms with Crippen LogP contribution in [0.15, 0.2) is 35.0 Å². The summed E-state index contributed by atoms with van der Waals surface area (Å²) in [7, 11) is 0. The minimum Gasteiger partial charge on any atom is -0.369 e. The van der Waals surface area contributed by atoms with Crippen LogP contribution in [0.4, 0.5) is 5.95 Å². The van der Waals surface area contributed by atoms with Gasteiger partial charge in [-0.25, -0.2) is 4.98 Å². The van der Waals surface area contributed by atoms with E-state index in [0.29, 0.717) is 11.0 Å². The molecule has 0 aliphatic carbocycles. The number of nitrogens with two attached hydrogens (primary N) is 1. The Morgan fingerprint density at radius 2 is 2.22 bits per heavy atom. The highest BCUT2D eigenvalue weighted by Crippen LogP contribution is 2.32. The molecule has 3 nitrogen and oxygen atoms in total. The molecule has 0 bridgehead atoms. The van der Waals surface area contributed by atoms with Crippen molar-refractivity contribution in [2.75, 3.05) is 5.73 Å². The fourth-order valence-electron chi connectivity index (χ4n) is 2.18. The van der Waals surface area contributed by atoms with Crippen molar-refractivity contribution in [1.82, 2.24) is 9.55 Å². The molecule has 3 aromatic rings. The lowest BCUT2D eigenvalue weighted by molar-refractivity contribution is 0.670. The largest absolute Gasteiger partial charge is 0.369 e. The molecule has 1 atom stereocenters. The first-order valence-electron chi connectivity index (χ1n) is 5.62. The highest BCUT2D eigenvalue weighted by molar-refractivity contribution is 7.07. The number of hydrogen-bond acceptors (Lipinski definition) is 3. The van der Waals surface area contributed by atoms with Gasteiger partial charge in [0.15, 0.2) is 0 Å².